The van der Waals surface area contributed by atoms with Crippen molar-refractivity contribution in [2.24, 2.45) is 0 Å². The van der Waals surface area contributed by atoms with Crippen molar-refractivity contribution in [2.45, 2.75) is 4.90 Å². The summed E-state index contributed by atoms with van der Waals surface area (Å²) >= 11 is 0. The molecule has 7 nitrogen and oxygen atoms in total. The van der Waals surface area contributed by atoms with E-state index in [9.17, 15) is 13.2 Å². The molecular formula is C21H19N3O4S. The highest BCUT2D eigenvalue weighted by Crippen LogP contribution is 2.17. The van der Waals surface area contributed by atoms with E-state index < -0.39 is 10.0 Å². The average Bonchev–Trinajstić information content (AvgIpc) is 2.73. The van der Waals surface area contributed by atoms with Crippen LogP contribution in [0.2, 0.25) is 0 Å². The van der Waals surface area contributed by atoms with Crippen molar-refractivity contribution in [1.29, 1.82) is 0 Å². The van der Waals surface area contributed by atoms with Crippen molar-refractivity contribution in [3.8, 4) is 5.75 Å². The zero-order valence-corrected chi connectivity index (χ0v) is 16.4. The second-order valence-corrected chi connectivity index (χ2v) is 7.62. The predicted octanol–water partition coefficient (Wildman–Crippen LogP) is 3.54. The number of nitrogens with one attached hydrogen (secondary N) is 2. The first-order chi connectivity index (χ1) is 14.0. The zero-order valence-electron chi connectivity index (χ0n) is 15.6. The molecule has 0 bridgehead atoms. The van der Waals surface area contributed by atoms with Gasteiger partial charge in [-0.3, -0.25) is 9.52 Å². The SMILES string of the molecule is COc1ccc(/C=C/C(=O)Nc2ccc(S(=O)(=O)Nc3ccccn3)cc2)cc1. The Hall–Kier alpha value is -3.65. The van der Waals surface area contributed by atoms with Gasteiger partial charge in [-0.2, -0.15) is 0 Å². The quantitative estimate of drug-likeness (QED) is 0.582. The fourth-order valence-corrected chi connectivity index (χ4v) is 3.42. The van der Waals surface area contributed by atoms with Crippen LogP contribution in [0.4, 0.5) is 11.5 Å². The Morgan fingerprint density at radius 3 is 2.34 bits per heavy atom. The number of amides is 1. The number of carbonyl (C=O) groups excluding carboxylic acids is 1. The highest BCUT2D eigenvalue weighted by molar-refractivity contribution is 7.92. The van der Waals surface area contributed by atoms with E-state index in [0.717, 1.165) is 11.3 Å². The van der Waals surface area contributed by atoms with Gasteiger partial charge < -0.3 is 10.1 Å². The largest absolute Gasteiger partial charge is 0.497 e. The van der Waals surface area contributed by atoms with Crippen LogP contribution in [0.3, 0.4) is 0 Å². The van der Waals surface area contributed by atoms with E-state index in [0.29, 0.717) is 5.69 Å². The van der Waals surface area contributed by atoms with Gasteiger partial charge in [-0.25, -0.2) is 13.4 Å². The molecule has 0 aliphatic heterocycles. The van der Waals surface area contributed by atoms with Gasteiger partial charge in [0.15, 0.2) is 0 Å². The van der Waals surface area contributed by atoms with E-state index in [1.165, 1.54) is 36.5 Å². The number of anilines is 2. The van der Waals surface area contributed by atoms with Gasteiger partial charge in [0.1, 0.15) is 11.6 Å². The van der Waals surface area contributed by atoms with Crippen LogP contribution in [-0.4, -0.2) is 26.4 Å². The number of benzene rings is 2. The third-order valence-electron chi connectivity index (χ3n) is 3.88. The molecule has 148 valence electrons. The molecule has 3 aromatic rings. The second kappa shape index (κ2) is 9.03. The third kappa shape index (κ3) is 5.66. The number of methoxy groups -OCH3 is 1. The third-order valence-corrected chi connectivity index (χ3v) is 5.25. The van der Waals surface area contributed by atoms with E-state index in [4.69, 9.17) is 4.74 Å². The summed E-state index contributed by atoms with van der Waals surface area (Å²) in [7, 11) is -2.17. The number of aromatic nitrogens is 1. The Morgan fingerprint density at radius 1 is 1.00 bits per heavy atom. The van der Waals surface area contributed by atoms with Crippen LogP contribution in [-0.2, 0) is 14.8 Å². The van der Waals surface area contributed by atoms with E-state index >= 15 is 0 Å². The number of rotatable bonds is 7. The first kappa shape index (κ1) is 20.1. The van der Waals surface area contributed by atoms with Gasteiger partial charge in [0.05, 0.1) is 12.0 Å². The van der Waals surface area contributed by atoms with Crippen molar-refractivity contribution < 1.29 is 17.9 Å². The van der Waals surface area contributed by atoms with Crippen molar-refractivity contribution in [3.05, 3.63) is 84.6 Å². The monoisotopic (exact) mass is 409 g/mol. The fraction of sp³-hybridized carbons (Fsp3) is 0.0476. The van der Waals surface area contributed by atoms with Crippen molar-refractivity contribution in [2.75, 3.05) is 17.1 Å². The summed E-state index contributed by atoms with van der Waals surface area (Å²) < 4.78 is 32.2. The molecule has 1 amide bonds. The number of hydrogen-bond acceptors (Lipinski definition) is 5. The van der Waals surface area contributed by atoms with E-state index in [1.807, 2.05) is 12.1 Å². The lowest BCUT2D eigenvalue weighted by atomic mass is 10.2. The molecule has 2 N–H and O–H groups in total. The molecule has 8 heteroatoms. The van der Waals surface area contributed by atoms with Gasteiger partial charge in [0.25, 0.3) is 10.0 Å². The summed E-state index contributed by atoms with van der Waals surface area (Å²) in [6.45, 7) is 0. The molecule has 0 unspecified atom stereocenters. The van der Waals surface area contributed by atoms with E-state index in [2.05, 4.69) is 15.0 Å². The average molecular weight is 409 g/mol. The summed E-state index contributed by atoms with van der Waals surface area (Å²) in [5.41, 5.74) is 1.33. The van der Waals surface area contributed by atoms with Gasteiger partial charge >= 0.3 is 0 Å². The Bertz CT molecular complexity index is 1090. The maximum atomic E-state index is 12.4. The zero-order chi connectivity index (χ0) is 20.7. The number of carbonyl (C=O) groups is 1. The molecule has 0 spiro atoms. The lowest BCUT2D eigenvalue weighted by Crippen LogP contribution is -2.14. The van der Waals surface area contributed by atoms with Crippen LogP contribution in [0.15, 0.2) is 83.9 Å². The Balaban J connectivity index is 1.62. The molecule has 0 aliphatic carbocycles. The minimum atomic E-state index is -3.76. The number of pyridine rings is 1. The molecule has 0 atom stereocenters. The smallest absolute Gasteiger partial charge is 0.263 e. The van der Waals surface area contributed by atoms with Crippen molar-refractivity contribution in [1.82, 2.24) is 4.98 Å². The number of hydrogen-bond donors (Lipinski definition) is 2. The Kier molecular flexibility index (Phi) is 6.25. The minimum absolute atomic E-state index is 0.0647. The Morgan fingerprint density at radius 2 is 1.72 bits per heavy atom. The molecule has 0 radical (unpaired) electrons. The summed E-state index contributed by atoms with van der Waals surface area (Å²) in [5, 5.41) is 2.69. The first-order valence-corrected chi connectivity index (χ1v) is 10.1. The van der Waals surface area contributed by atoms with Gasteiger partial charge in [-0.15, -0.1) is 0 Å². The molecule has 1 heterocycles. The molecule has 0 fully saturated rings. The van der Waals surface area contributed by atoms with Crippen LogP contribution in [0.1, 0.15) is 5.56 Å². The lowest BCUT2D eigenvalue weighted by molar-refractivity contribution is -0.111. The molecule has 29 heavy (non-hydrogen) atoms. The molecule has 0 saturated heterocycles. The topological polar surface area (TPSA) is 97.4 Å². The molecule has 2 aromatic carbocycles. The number of sulfonamides is 1. The van der Waals surface area contributed by atoms with E-state index in [-0.39, 0.29) is 16.6 Å². The molecule has 1 aromatic heterocycles. The molecule has 0 aliphatic rings. The van der Waals surface area contributed by atoms with E-state index in [1.54, 1.807) is 43.5 Å². The molecule has 0 saturated carbocycles. The first-order valence-electron chi connectivity index (χ1n) is 8.63. The van der Waals surface area contributed by atoms with Gasteiger partial charge in [-0.1, -0.05) is 18.2 Å². The summed E-state index contributed by atoms with van der Waals surface area (Å²) in [4.78, 5) is 16.1. The summed E-state index contributed by atoms with van der Waals surface area (Å²) in [6.07, 6.45) is 4.56. The minimum Gasteiger partial charge on any atom is -0.497 e. The van der Waals surface area contributed by atoms with Crippen LogP contribution >= 0.6 is 0 Å². The maximum Gasteiger partial charge on any atom is 0.263 e. The number of nitrogens with zero attached hydrogens (tertiary/aromatic N) is 1. The van der Waals surface area contributed by atoms with Crippen molar-refractivity contribution >= 4 is 33.5 Å². The standard InChI is InChI=1S/C21H19N3O4S/c1-28-18-10-5-16(6-11-18)7-14-21(25)23-17-8-12-19(13-9-17)29(26,27)24-20-4-2-3-15-22-20/h2-15H,1H3,(H,22,24)(H,23,25)/b14-7+. The summed E-state index contributed by atoms with van der Waals surface area (Å²) in [5.74, 6) is 0.635. The van der Waals surface area contributed by atoms with Gasteiger partial charge in [0.2, 0.25) is 5.91 Å². The van der Waals surface area contributed by atoms with Crippen LogP contribution in [0.25, 0.3) is 6.08 Å². The Labute approximate surface area is 169 Å². The predicted molar refractivity (Wildman–Crippen MR) is 112 cm³/mol. The molecular weight excluding hydrogens is 390 g/mol. The second-order valence-electron chi connectivity index (χ2n) is 5.94. The van der Waals surface area contributed by atoms with Crippen molar-refractivity contribution in [3.63, 3.8) is 0 Å². The summed E-state index contributed by atoms with van der Waals surface area (Å²) in [6, 6.07) is 18.1. The lowest BCUT2D eigenvalue weighted by Gasteiger charge is -2.08. The highest BCUT2D eigenvalue weighted by atomic mass is 32.2. The van der Waals surface area contributed by atoms with Crippen LogP contribution in [0.5, 0.6) is 5.75 Å². The van der Waals surface area contributed by atoms with Crippen LogP contribution < -0.4 is 14.8 Å². The normalized spacial score (nSPS) is 11.2. The number of ether oxygens (including phenoxy) is 1. The van der Waals surface area contributed by atoms with Crippen LogP contribution in [0, 0.1) is 0 Å². The van der Waals surface area contributed by atoms with Gasteiger partial charge in [-0.05, 0) is 60.2 Å². The maximum absolute atomic E-state index is 12.4. The highest BCUT2D eigenvalue weighted by Gasteiger charge is 2.14. The fourth-order valence-electron chi connectivity index (χ4n) is 2.41. The molecule has 3 rings (SSSR count). The van der Waals surface area contributed by atoms with Gasteiger partial charge in [0, 0.05) is 18.0 Å².